The van der Waals surface area contributed by atoms with Crippen LogP contribution in [0.4, 0.5) is 13.6 Å². The number of carbonyl (C=O) groups is 1. The standard InChI is InChI=1S/C24H29F2N3O2/c1-31-23-9-4-18(14-22(23)26)15-28-12-10-20(11-13-28)27-24(30)29(21-7-8-21)16-17-2-5-19(25)6-3-17/h2-6,9,14,20-21H,7-8,10-13,15-16H2,1H3,(H,27,30). The number of amides is 2. The van der Waals surface area contributed by atoms with Crippen LogP contribution in [0.3, 0.4) is 0 Å². The number of likely N-dealkylation sites (tertiary alicyclic amines) is 1. The molecule has 0 aromatic heterocycles. The number of piperidine rings is 1. The van der Waals surface area contributed by atoms with Crippen molar-refractivity contribution in [3.63, 3.8) is 0 Å². The molecular weight excluding hydrogens is 400 g/mol. The molecule has 166 valence electrons. The molecule has 0 bridgehead atoms. The Morgan fingerprint density at radius 1 is 1.06 bits per heavy atom. The Hall–Kier alpha value is -2.67. The zero-order valence-corrected chi connectivity index (χ0v) is 17.8. The number of benzene rings is 2. The molecule has 31 heavy (non-hydrogen) atoms. The number of nitrogens with one attached hydrogen (secondary N) is 1. The average molecular weight is 430 g/mol. The molecule has 1 aliphatic carbocycles. The molecule has 1 saturated carbocycles. The van der Waals surface area contributed by atoms with Crippen molar-refractivity contribution in [1.29, 1.82) is 0 Å². The van der Waals surface area contributed by atoms with Crippen molar-refractivity contribution < 1.29 is 18.3 Å². The molecule has 1 aliphatic heterocycles. The Labute approximate surface area is 182 Å². The monoisotopic (exact) mass is 429 g/mol. The van der Waals surface area contributed by atoms with Gasteiger partial charge in [-0.25, -0.2) is 13.6 Å². The molecule has 2 aromatic rings. The van der Waals surface area contributed by atoms with Crippen LogP contribution in [0.25, 0.3) is 0 Å². The van der Waals surface area contributed by atoms with Crippen LogP contribution in [0.1, 0.15) is 36.8 Å². The fourth-order valence-electron chi connectivity index (χ4n) is 4.10. The summed E-state index contributed by atoms with van der Waals surface area (Å²) in [6.45, 7) is 2.87. The molecule has 0 atom stereocenters. The van der Waals surface area contributed by atoms with Crippen LogP contribution in [0.2, 0.25) is 0 Å². The predicted molar refractivity (Wildman–Crippen MR) is 115 cm³/mol. The number of carbonyl (C=O) groups excluding carboxylic acids is 1. The maximum atomic E-state index is 13.9. The van der Waals surface area contributed by atoms with Gasteiger partial charge in [0.2, 0.25) is 0 Å². The minimum Gasteiger partial charge on any atom is -0.494 e. The quantitative estimate of drug-likeness (QED) is 0.713. The van der Waals surface area contributed by atoms with Gasteiger partial charge in [0.05, 0.1) is 7.11 Å². The Morgan fingerprint density at radius 2 is 1.74 bits per heavy atom. The van der Waals surface area contributed by atoms with Gasteiger partial charge in [0.1, 0.15) is 5.82 Å². The number of hydrogen-bond donors (Lipinski definition) is 1. The van der Waals surface area contributed by atoms with E-state index < -0.39 is 0 Å². The van der Waals surface area contributed by atoms with Crippen LogP contribution in [-0.4, -0.2) is 48.1 Å². The minimum absolute atomic E-state index is 0.0394. The number of rotatable bonds is 7. The normalized spacial score (nSPS) is 17.4. The van der Waals surface area contributed by atoms with E-state index in [2.05, 4.69) is 10.2 Å². The maximum absolute atomic E-state index is 13.9. The van der Waals surface area contributed by atoms with Gasteiger partial charge in [-0.15, -0.1) is 0 Å². The summed E-state index contributed by atoms with van der Waals surface area (Å²) in [6.07, 6.45) is 3.76. The lowest BCUT2D eigenvalue weighted by Crippen LogP contribution is -2.49. The number of hydrogen-bond acceptors (Lipinski definition) is 3. The van der Waals surface area contributed by atoms with Crippen LogP contribution >= 0.6 is 0 Å². The second-order valence-electron chi connectivity index (χ2n) is 8.45. The highest BCUT2D eigenvalue weighted by atomic mass is 19.1. The first-order valence-corrected chi connectivity index (χ1v) is 10.9. The van der Waals surface area contributed by atoms with Crippen molar-refractivity contribution >= 4 is 6.03 Å². The number of methoxy groups -OCH3 is 1. The van der Waals surface area contributed by atoms with Gasteiger partial charge >= 0.3 is 6.03 Å². The molecule has 2 amide bonds. The van der Waals surface area contributed by atoms with Gasteiger partial charge in [0, 0.05) is 38.3 Å². The second kappa shape index (κ2) is 9.64. The van der Waals surface area contributed by atoms with E-state index in [-0.39, 0.29) is 35.5 Å². The van der Waals surface area contributed by atoms with E-state index in [1.54, 1.807) is 18.2 Å². The topological polar surface area (TPSA) is 44.8 Å². The van der Waals surface area contributed by atoms with Crippen LogP contribution in [-0.2, 0) is 13.1 Å². The van der Waals surface area contributed by atoms with Gasteiger partial charge in [-0.3, -0.25) is 4.90 Å². The van der Waals surface area contributed by atoms with Crippen LogP contribution in [0, 0.1) is 11.6 Å². The van der Waals surface area contributed by atoms with Crippen molar-refractivity contribution in [1.82, 2.24) is 15.1 Å². The third-order valence-corrected chi connectivity index (χ3v) is 6.05. The Bertz CT molecular complexity index is 894. The highest BCUT2D eigenvalue weighted by molar-refractivity contribution is 5.75. The van der Waals surface area contributed by atoms with Gasteiger partial charge in [0.25, 0.3) is 0 Å². The number of halogens is 2. The Balaban J connectivity index is 1.27. The van der Waals surface area contributed by atoms with Crippen LogP contribution in [0.15, 0.2) is 42.5 Å². The van der Waals surface area contributed by atoms with Crippen molar-refractivity contribution in [3.8, 4) is 5.75 Å². The molecule has 1 heterocycles. The fraction of sp³-hybridized carbons (Fsp3) is 0.458. The summed E-state index contributed by atoms with van der Waals surface area (Å²) in [5.74, 6) is -0.357. The first-order chi connectivity index (χ1) is 15.0. The van der Waals surface area contributed by atoms with E-state index in [9.17, 15) is 13.6 Å². The number of urea groups is 1. The number of ether oxygens (including phenoxy) is 1. The SMILES string of the molecule is COc1ccc(CN2CCC(NC(=O)N(Cc3ccc(F)cc3)C3CC3)CC2)cc1F. The van der Waals surface area contributed by atoms with E-state index >= 15 is 0 Å². The zero-order chi connectivity index (χ0) is 21.8. The highest BCUT2D eigenvalue weighted by Gasteiger charge is 2.34. The van der Waals surface area contributed by atoms with Gasteiger partial charge in [-0.1, -0.05) is 18.2 Å². The van der Waals surface area contributed by atoms with Gasteiger partial charge in [-0.05, 0) is 61.1 Å². The van der Waals surface area contributed by atoms with Gasteiger partial charge < -0.3 is 15.0 Å². The minimum atomic E-state index is -0.344. The van der Waals surface area contributed by atoms with Gasteiger partial charge in [0.15, 0.2) is 11.6 Å². The summed E-state index contributed by atoms with van der Waals surface area (Å²) >= 11 is 0. The Kier molecular flexibility index (Phi) is 6.70. The first kappa shape index (κ1) is 21.6. The molecule has 2 fully saturated rings. The molecule has 2 aromatic carbocycles. The summed E-state index contributed by atoms with van der Waals surface area (Å²) in [5, 5.41) is 3.19. The van der Waals surface area contributed by atoms with Crippen LogP contribution < -0.4 is 10.1 Å². The lowest BCUT2D eigenvalue weighted by molar-refractivity contribution is 0.165. The van der Waals surface area contributed by atoms with E-state index in [1.165, 1.54) is 25.3 Å². The predicted octanol–water partition coefficient (Wildman–Crippen LogP) is 4.31. The summed E-state index contributed by atoms with van der Waals surface area (Å²) in [4.78, 5) is 17.1. The fourth-order valence-corrected chi connectivity index (χ4v) is 4.10. The molecule has 4 rings (SSSR count). The maximum Gasteiger partial charge on any atom is 0.318 e. The molecule has 0 radical (unpaired) electrons. The highest BCUT2D eigenvalue weighted by Crippen LogP contribution is 2.29. The molecular formula is C24H29F2N3O2. The van der Waals surface area contributed by atoms with Crippen molar-refractivity contribution in [3.05, 3.63) is 65.2 Å². The lowest BCUT2D eigenvalue weighted by atomic mass is 10.0. The van der Waals surface area contributed by atoms with E-state index in [4.69, 9.17) is 4.74 Å². The van der Waals surface area contributed by atoms with Crippen molar-refractivity contribution in [2.45, 2.75) is 50.9 Å². The van der Waals surface area contributed by atoms with Gasteiger partial charge in [-0.2, -0.15) is 0 Å². The largest absolute Gasteiger partial charge is 0.494 e. The zero-order valence-electron chi connectivity index (χ0n) is 17.8. The molecule has 7 heteroatoms. The molecule has 1 saturated heterocycles. The molecule has 2 aliphatic rings. The molecule has 1 N–H and O–H groups in total. The summed E-state index contributed by atoms with van der Waals surface area (Å²) < 4.78 is 32.1. The molecule has 0 spiro atoms. The van der Waals surface area contributed by atoms with Crippen molar-refractivity contribution in [2.75, 3.05) is 20.2 Å². The number of nitrogens with zero attached hydrogens (tertiary/aromatic N) is 2. The van der Waals surface area contributed by atoms with E-state index in [1.807, 2.05) is 11.0 Å². The summed E-state index contributed by atoms with van der Waals surface area (Å²) in [6, 6.07) is 11.8. The summed E-state index contributed by atoms with van der Waals surface area (Å²) in [7, 11) is 1.46. The van der Waals surface area contributed by atoms with E-state index in [0.29, 0.717) is 13.1 Å². The smallest absolute Gasteiger partial charge is 0.318 e. The third-order valence-electron chi connectivity index (χ3n) is 6.05. The summed E-state index contributed by atoms with van der Waals surface area (Å²) in [5.41, 5.74) is 1.85. The lowest BCUT2D eigenvalue weighted by Gasteiger charge is -2.34. The average Bonchev–Trinajstić information content (AvgIpc) is 3.60. The first-order valence-electron chi connectivity index (χ1n) is 10.9. The van der Waals surface area contributed by atoms with Crippen LogP contribution in [0.5, 0.6) is 5.75 Å². The third kappa shape index (κ3) is 5.73. The van der Waals surface area contributed by atoms with E-state index in [0.717, 1.165) is 49.9 Å². The Morgan fingerprint density at radius 3 is 2.35 bits per heavy atom. The molecule has 5 nitrogen and oxygen atoms in total. The molecule has 0 unspecified atom stereocenters. The van der Waals surface area contributed by atoms with Crippen molar-refractivity contribution in [2.24, 2.45) is 0 Å². The second-order valence-corrected chi connectivity index (χ2v) is 8.45.